The molecular formula is C45H51O6P. The molecular weight excluding hydrogens is 667 g/mol. The third kappa shape index (κ3) is 12.5. The summed E-state index contributed by atoms with van der Waals surface area (Å²) in [5.41, 5.74) is 7.52. The Morgan fingerprint density at radius 1 is 0.538 bits per heavy atom. The summed E-state index contributed by atoms with van der Waals surface area (Å²) in [6.07, 6.45) is 13.3. The first-order chi connectivity index (χ1) is 25.3. The van der Waals surface area contributed by atoms with Crippen molar-refractivity contribution in [3.63, 3.8) is 0 Å². The number of carbonyl (C=O) groups excluding carboxylic acids is 2. The molecule has 0 saturated heterocycles. The number of allylic oxidation sites excluding steroid dienone is 3. The number of hydrogen-bond acceptors (Lipinski definition) is 6. The molecule has 0 amide bonds. The fourth-order valence-corrected chi connectivity index (χ4v) is 6.77. The van der Waals surface area contributed by atoms with Gasteiger partial charge in [0, 0.05) is 5.30 Å². The van der Waals surface area contributed by atoms with Crippen molar-refractivity contribution in [2.45, 2.75) is 64.7 Å². The Kier molecular flexibility index (Phi) is 16.6. The highest BCUT2D eigenvalue weighted by Crippen LogP contribution is 2.31. The molecule has 6 nitrogen and oxygen atoms in total. The molecule has 1 atom stereocenters. The van der Waals surface area contributed by atoms with Crippen molar-refractivity contribution < 1.29 is 28.2 Å². The number of carbonyl (C=O) groups is 2. The van der Waals surface area contributed by atoms with Gasteiger partial charge >= 0.3 is 11.9 Å². The van der Waals surface area contributed by atoms with E-state index in [-0.39, 0.29) is 5.97 Å². The van der Waals surface area contributed by atoms with Crippen LogP contribution in [0.2, 0.25) is 0 Å². The summed E-state index contributed by atoms with van der Waals surface area (Å²) in [6.45, 7) is 14.3. The first-order valence-corrected chi connectivity index (χ1v) is 19.5. The zero-order chi connectivity index (χ0) is 37.1. The largest absolute Gasteiger partial charge is 0.462 e. The average molecular weight is 719 g/mol. The van der Waals surface area contributed by atoms with Crippen LogP contribution in [0.3, 0.4) is 0 Å². The van der Waals surface area contributed by atoms with E-state index in [0.29, 0.717) is 36.3 Å². The van der Waals surface area contributed by atoms with Gasteiger partial charge in [0.1, 0.15) is 0 Å². The van der Waals surface area contributed by atoms with Crippen LogP contribution in [-0.4, -0.2) is 31.8 Å². The van der Waals surface area contributed by atoms with Crippen LogP contribution in [-0.2, 0) is 18.6 Å². The Bertz CT molecular complexity index is 1780. The summed E-state index contributed by atoms with van der Waals surface area (Å²) in [4.78, 5) is 25.8. The van der Waals surface area contributed by atoms with E-state index < -0.39 is 14.0 Å². The zero-order valence-corrected chi connectivity index (χ0v) is 31.4. The van der Waals surface area contributed by atoms with E-state index in [1.54, 1.807) is 12.1 Å². The highest BCUT2D eigenvalue weighted by Gasteiger charge is 2.16. The van der Waals surface area contributed by atoms with Crippen molar-refractivity contribution in [1.29, 1.82) is 0 Å². The van der Waals surface area contributed by atoms with Crippen LogP contribution in [0.25, 0.3) is 33.4 Å². The Morgan fingerprint density at radius 3 is 1.40 bits per heavy atom. The first kappa shape index (κ1) is 40.0. The van der Waals surface area contributed by atoms with Crippen LogP contribution in [0.5, 0.6) is 0 Å². The Hall–Kier alpha value is -4.77. The van der Waals surface area contributed by atoms with Crippen LogP contribution in [0.1, 0.15) is 84.1 Å². The fourth-order valence-electron chi connectivity index (χ4n) is 5.72. The van der Waals surface area contributed by atoms with Gasteiger partial charge in [0.25, 0.3) is 0 Å². The molecule has 0 aliphatic heterocycles. The lowest BCUT2D eigenvalue weighted by atomic mass is 9.96. The van der Waals surface area contributed by atoms with Crippen LogP contribution < -0.4 is 5.30 Å². The maximum atomic E-state index is 13.2. The molecule has 0 saturated carbocycles. The second-order valence-corrected chi connectivity index (χ2v) is 14.2. The summed E-state index contributed by atoms with van der Waals surface area (Å²) >= 11 is 0. The van der Waals surface area contributed by atoms with Gasteiger partial charge < -0.3 is 14.0 Å². The molecule has 272 valence electrons. The van der Waals surface area contributed by atoms with Gasteiger partial charge in [0.2, 0.25) is 8.03 Å². The molecule has 0 N–H and O–H groups in total. The highest BCUT2D eigenvalue weighted by atomic mass is 31.1. The summed E-state index contributed by atoms with van der Waals surface area (Å²) in [5.74, 6) is -0.760. The molecule has 4 aromatic rings. The molecule has 0 aliphatic rings. The van der Waals surface area contributed by atoms with Crippen LogP contribution in [0.4, 0.5) is 0 Å². The predicted octanol–water partition coefficient (Wildman–Crippen LogP) is 11.5. The Labute approximate surface area is 310 Å². The second kappa shape index (κ2) is 21.6. The van der Waals surface area contributed by atoms with Crippen molar-refractivity contribution in [1.82, 2.24) is 0 Å². The monoisotopic (exact) mass is 718 g/mol. The van der Waals surface area contributed by atoms with Crippen molar-refractivity contribution in [2.24, 2.45) is 0 Å². The van der Waals surface area contributed by atoms with Gasteiger partial charge in [-0.3, -0.25) is 4.57 Å². The van der Waals surface area contributed by atoms with E-state index in [4.69, 9.17) is 14.0 Å². The number of rotatable bonds is 22. The summed E-state index contributed by atoms with van der Waals surface area (Å²) in [5, 5.41) is 0.487. The summed E-state index contributed by atoms with van der Waals surface area (Å²) in [6, 6.07) is 27.3. The van der Waals surface area contributed by atoms with Crippen molar-refractivity contribution in [3.05, 3.63) is 140 Å². The second-order valence-electron chi connectivity index (χ2n) is 12.8. The maximum absolute atomic E-state index is 13.2. The number of benzene rings is 4. The highest BCUT2D eigenvalue weighted by molar-refractivity contribution is 7.48. The van der Waals surface area contributed by atoms with Gasteiger partial charge in [-0.1, -0.05) is 72.8 Å². The Morgan fingerprint density at radius 2 is 0.942 bits per heavy atom. The Balaban J connectivity index is 1.50. The zero-order valence-electron chi connectivity index (χ0n) is 30.4. The van der Waals surface area contributed by atoms with E-state index in [1.807, 2.05) is 67.6 Å². The normalized spacial score (nSPS) is 11.4. The lowest BCUT2D eigenvalue weighted by Crippen LogP contribution is -2.11. The molecule has 4 aromatic carbocycles. The predicted molar refractivity (Wildman–Crippen MR) is 215 cm³/mol. The third-order valence-electron chi connectivity index (χ3n) is 8.59. The van der Waals surface area contributed by atoms with E-state index in [1.165, 1.54) is 0 Å². The van der Waals surface area contributed by atoms with E-state index in [9.17, 15) is 14.2 Å². The topological polar surface area (TPSA) is 78.9 Å². The van der Waals surface area contributed by atoms with Crippen molar-refractivity contribution in [3.8, 4) is 33.4 Å². The third-order valence-corrected chi connectivity index (χ3v) is 9.82. The van der Waals surface area contributed by atoms with Crippen molar-refractivity contribution in [2.75, 3.05) is 19.8 Å². The SMILES string of the molecule is C=CCCCCOC(=O)c1cc(C)cc(-c2ccc(-c3ccc(-c4cc(C(=O)OCCCCC=C)cc([PH](=O)OCCCCC=C)c4)cc3)cc2)c1. The molecule has 0 heterocycles. The minimum Gasteiger partial charge on any atom is -0.462 e. The van der Waals surface area contributed by atoms with Gasteiger partial charge in [-0.2, -0.15) is 0 Å². The van der Waals surface area contributed by atoms with E-state index >= 15 is 0 Å². The standard InChI is InChI=1S/C45H51O6P/c1-5-8-11-14-25-49-44(46)41-29-34(4)28-39(30-41)37-21-17-35(18-22-37)36-19-23-38(24-20-36)40-31-42(45(47)50-26-15-12-9-6-2)33-43(32-40)52(48)51-27-16-13-10-7-3/h5-7,17-24,28-33,52H,1-3,8-16,25-27H2,4H3. The smallest absolute Gasteiger partial charge is 0.338 e. The van der Waals surface area contributed by atoms with Gasteiger partial charge in [-0.05, 0) is 134 Å². The minimum absolute atomic E-state index is 0.309. The molecule has 4 rings (SSSR count). The van der Waals surface area contributed by atoms with Crippen molar-refractivity contribution >= 4 is 25.3 Å². The molecule has 0 aliphatic carbocycles. The van der Waals surface area contributed by atoms with Gasteiger partial charge in [0.05, 0.1) is 30.9 Å². The maximum Gasteiger partial charge on any atom is 0.338 e. The molecule has 52 heavy (non-hydrogen) atoms. The van der Waals surface area contributed by atoms with Crippen LogP contribution in [0, 0.1) is 6.92 Å². The number of esters is 2. The average Bonchev–Trinajstić information content (AvgIpc) is 3.17. The first-order valence-electron chi connectivity index (χ1n) is 18.1. The number of unbranched alkanes of at least 4 members (excludes halogenated alkanes) is 6. The lowest BCUT2D eigenvalue weighted by molar-refractivity contribution is 0.0489. The quantitative estimate of drug-likeness (QED) is 0.0348. The molecule has 7 heteroatoms. The van der Waals surface area contributed by atoms with E-state index in [0.717, 1.165) is 96.7 Å². The lowest BCUT2D eigenvalue weighted by Gasteiger charge is -2.12. The minimum atomic E-state index is -2.59. The van der Waals surface area contributed by atoms with Gasteiger partial charge in [-0.15, -0.1) is 19.7 Å². The summed E-state index contributed by atoms with van der Waals surface area (Å²) < 4.78 is 30.0. The fraction of sp³-hybridized carbons (Fsp3) is 0.289. The summed E-state index contributed by atoms with van der Waals surface area (Å²) in [7, 11) is -2.59. The van der Waals surface area contributed by atoms with Gasteiger partial charge in [0.15, 0.2) is 0 Å². The molecule has 1 unspecified atom stereocenters. The molecule has 0 aromatic heterocycles. The molecule has 0 spiro atoms. The van der Waals surface area contributed by atoms with Gasteiger partial charge in [-0.25, -0.2) is 9.59 Å². The molecule has 0 radical (unpaired) electrons. The molecule has 0 bridgehead atoms. The number of hydrogen-bond donors (Lipinski definition) is 0. The number of aryl methyl sites for hydroxylation is 1. The van der Waals surface area contributed by atoms with Crippen LogP contribution in [0.15, 0.2) is 123 Å². The molecule has 0 fully saturated rings. The van der Waals surface area contributed by atoms with E-state index in [2.05, 4.69) is 50.1 Å². The van der Waals surface area contributed by atoms with Crippen LogP contribution >= 0.6 is 8.03 Å². The number of ether oxygens (including phenoxy) is 2.